The lowest BCUT2D eigenvalue weighted by Gasteiger charge is -2.34. The van der Waals surface area contributed by atoms with Crippen LogP contribution in [0.1, 0.15) is 33.6 Å². The Balaban J connectivity index is 2.70. The standard InChI is InChI=1S/C14H27NO4/c1-5-19-13(16)14(12-6-7-12,15-11(2)3)10-18-9-8-17-4/h11-12,15H,5-10H2,1-4H3. The molecule has 0 aliphatic heterocycles. The van der Waals surface area contributed by atoms with Gasteiger partial charge in [0, 0.05) is 13.2 Å². The van der Waals surface area contributed by atoms with Gasteiger partial charge in [-0.05, 0) is 39.5 Å². The minimum Gasteiger partial charge on any atom is -0.465 e. The summed E-state index contributed by atoms with van der Waals surface area (Å²) in [5, 5.41) is 3.38. The Morgan fingerprint density at radius 2 is 2.05 bits per heavy atom. The lowest BCUT2D eigenvalue weighted by atomic mass is 9.93. The first-order valence-corrected chi connectivity index (χ1v) is 7.08. The molecular weight excluding hydrogens is 246 g/mol. The highest BCUT2D eigenvalue weighted by molar-refractivity contribution is 5.82. The van der Waals surface area contributed by atoms with E-state index in [1.807, 2.05) is 20.8 Å². The summed E-state index contributed by atoms with van der Waals surface area (Å²) in [7, 11) is 1.63. The van der Waals surface area contributed by atoms with Gasteiger partial charge in [-0.2, -0.15) is 0 Å². The number of carbonyl (C=O) groups excluding carboxylic acids is 1. The highest BCUT2D eigenvalue weighted by Crippen LogP contribution is 2.41. The fraction of sp³-hybridized carbons (Fsp3) is 0.929. The highest BCUT2D eigenvalue weighted by Gasteiger charge is 2.52. The number of methoxy groups -OCH3 is 1. The molecule has 1 N–H and O–H groups in total. The molecule has 5 heteroatoms. The van der Waals surface area contributed by atoms with Gasteiger partial charge in [0.15, 0.2) is 0 Å². The Bertz CT molecular complexity index is 279. The quantitative estimate of drug-likeness (QED) is 0.481. The molecule has 1 unspecified atom stereocenters. The molecule has 1 fully saturated rings. The van der Waals surface area contributed by atoms with E-state index in [-0.39, 0.29) is 12.0 Å². The summed E-state index contributed by atoms with van der Waals surface area (Å²) in [5.41, 5.74) is -0.697. The third kappa shape index (κ3) is 4.75. The molecule has 0 aromatic rings. The van der Waals surface area contributed by atoms with Crippen LogP contribution < -0.4 is 5.32 Å². The summed E-state index contributed by atoms with van der Waals surface area (Å²) in [5.74, 6) is 0.125. The van der Waals surface area contributed by atoms with E-state index >= 15 is 0 Å². The van der Waals surface area contributed by atoms with E-state index < -0.39 is 5.54 Å². The smallest absolute Gasteiger partial charge is 0.329 e. The van der Waals surface area contributed by atoms with Crippen molar-refractivity contribution in [1.82, 2.24) is 5.32 Å². The number of ether oxygens (including phenoxy) is 3. The van der Waals surface area contributed by atoms with Crippen LogP contribution in [0, 0.1) is 5.92 Å². The zero-order valence-electron chi connectivity index (χ0n) is 12.5. The van der Waals surface area contributed by atoms with Crippen LogP contribution in [0.25, 0.3) is 0 Å². The highest BCUT2D eigenvalue weighted by atomic mass is 16.5. The van der Waals surface area contributed by atoms with Crippen LogP contribution in [0.2, 0.25) is 0 Å². The molecule has 0 aromatic carbocycles. The van der Waals surface area contributed by atoms with Crippen molar-refractivity contribution < 1.29 is 19.0 Å². The SMILES string of the molecule is CCOC(=O)C(COCCOC)(NC(C)C)C1CC1. The van der Waals surface area contributed by atoms with Crippen LogP contribution in [0.4, 0.5) is 0 Å². The maximum Gasteiger partial charge on any atom is 0.329 e. The molecule has 1 aliphatic rings. The number of rotatable bonds is 10. The van der Waals surface area contributed by atoms with Crippen LogP contribution in [0.15, 0.2) is 0 Å². The lowest BCUT2D eigenvalue weighted by Crippen LogP contribution is -2.60. The molecule has 1 atom stereocenters. The summed E-state index contributed by atoms with van der Waals surface area (Å²) < 4.78 is 15.8. The fourth-order valence-electron chi connectivity index (χ4n) is 2.29. The summed E-state index contributed by atoms with van der Waals surface area (Å²) >= 11 is 0. The molecular formula is C14H27NO4. The van der Waals surface area contributed by atoms with Gasteiger partial charge in [-0.1, -0.05) is 0 Å². The van der Waals surface area contributed by atoms with Crippen LogP contribution in [-0.2, 0) is 19.0 Å². The molecule has 0 heterocycles. The maximum absolute atomic E-state index is 12.3. The molecule has 0 saturated heterocycles. The molecule has 5 nitrogen and oxygen atoms in total. The van der Waals surface area contributed by atoms with Crippen LogP contribution in [0.3, 0.4) is 0 Å². The van der Waals surface area contributed by atoms with Crippen molar-refractivity contribution in [1.29, 1.82) is 0 Å². The predicted molar refractivity (Wildman–Crippen MR) is 73.1 cm³/mol. The summed E-state index contributed by atoms with van der Waals surface area (Å²) in [4.78, 5) is 12.3. The van der Waals surface area contributed by atoms with Gasteiger partial charge in [0.2, 0.25) is 0 Å². The van der Waals surface area contributed by atoms with Gasteiger partial charge in [0.1, 0.15) is 5.54 Å². The largest absolute Gasteiger partial charge is 0.465 e. The second kappa shape index (κ2) is 7.82. The van der Waals surface area contributed by atoms with Crippen molar-refractivity contribution in [2.24, 2.45) is 5.92 Å². The van der Waals surface area contributed by atoms with E-state index in [0.29, 0.717) is 32.3 Å². The molecule has 0 radical (unpaired) electrons. The molecule has 0 aromatic heterocycles. The molecule has 112 valence electrons. The predicted octanol–water partition coefficient (Wildman–Crippen LogP) is 1.36. The number of hydrogen-bond acceptors (Lipinski definition) is 5. The van der Waals surface area contributed by atoms with Crippen LogP contribution in [-0.4, -0.2) is 51.1 Å². The zero-order valence-corrected chi connectivity index (χ0v) is 12.5. The van der Waals surface area contributed by atoms with Crippen molar-refractivity contribution in [2.45, 2.75) is 45.2 Å². The van der Waals surface area contributed by atoms with Gasteiger partial charge >= 0.3 is 5.97 Å². The van der Waals surface area contributed by atoms with Crippen molar-refractivity contribution in [2.75, 3.05) is 33.5 Å². The zero-order chi connectivity index (χ0) is 14.3. The van der Waals surface area contributed by atoms with Gasteiger partial charge in [-0.25, -0.2) is 4.79 Å². The Labute approximate surface area is 116 Å². The summed E-state index contributed by atoms with van der Waals surface area (Å²) in [6.45, 7) is 7.66. The second-order valence-electron chi connectivity index (χ2n) is 5.31. The monoisotopic (exact) mass is 273 g/mol. The number of nitrogens with one attached hydrogen (secondary N) is 1. The van der Waals surface area contributed by atoms with E-state index in [0.717, 1.165) is 12.8 Å². The fourth-order valence-corrected chi connectivity index (χ4v) is 2.29. The van der Waals surface area contributed by atoms with Crippen molar-refractivity contribution >= 4 is 5.97 Å². The molecule has 1 rings (SSSR count). The molecule has 1 aliphatic carbocycles. The Morgan fingerprint density at radius 3 is 2.53 bits per heavy atom. The minimum absolute atomic E-state index is 0.191. The lowest BCUT2D eigenvalue weighted by molar-refractivity contribution is -0.156. The normalized spacial score (nSPS) is 18.4. The Morgan fingerprint density at radius 1 is 1.37 bits per heavy atom. The van der Waals surface area contributed by atoms with E-state index in [1.165, 1.54) is 0 Å². The third-order valence-electron chi connectivity index (χ3n) is 3.22. The van der Waals surface area contributed by atoms with Crippen LogP contribution in [0.5, 0.6) is 0 Å². The summed E-state index contributed by atoms with van der Waals surface area (Å²) in [6.07, 6.45) is 2.10. The molecule has 0 spiro atoms. The van der Waals surface area contributed by atoms with Crippen LogP contribution >= 0.6 is 0 Å². The Hall–Kier alpha value is -0.650. The average Bonchev–Trinajstić information content (AvgIpc) is 3.17. The first-order chi connectivity index (χ1) is 9.06. The number of carbonyl (C=O) groups is 1. The number of esters is 1. The molecule has 19 heavy (non-hydrogen) atoms. The van der Waals surface area contributed by atoms with Gasteiger partial charge in [0.25, 0.3) is 0 Å². The molecule has 0 bridgehead atoms. The van der Waals surface area contributed by atoms with Gasteiger partial charge in [0.05, 0.1) is 26.4 Å². The van der Waals surface area contributed by atoms with Crippen molar-refractivity contribution in [3.8, 4) is 0 Å². The van der Waals surface area contributed by atoms with E-state index in [9.17, 15) is 4.79 Å². The van der Waals surface area contributed by atoms with Gasteiger partial charge in [-0.3, -0.25) is 5.32 Å². The van der Waals surface area contributed by atoms with Crippen molar-refractivity contribution in [3.05, 3.63) is 0 Å². The number of hydrogen-bond donors (Lipinski definition) is 1. The average molecular weight is 273 g/mol. The summed E-state index contributed by atoms with van der Waals surface area (Å²) in [6, 6.07) is 0.205. The van der Waals surface area contributed by atoms with Gasteiger partial charge < -0.3 is 14.2 Å². The maximum atomic E-state index is 12.3. The third-order valence-corrected chi connectivity index (χ3v) is 3.22. The second-order valence-corrected chi connectivity index (χ2v) is 5.31. The first kappa shape index (κ1) is 16.4. The topological polar surface area (TPSA) is 56.8 Å². The first-order valence-electron chi connectivity index (χ1n) is 7.08. The molecule has 1 saturated carbocycles. The van der Waals surface area contributed by atoms with Crippen molar-refractivity contribution in [3.63, 3.8) is 0 Å². The molecule has 0 amide bonds. The Kier molecular flexibility index (Phi) is 6.75. The van der Waals surface area contributed by atoms with E-state index in [1.54, 1.807) is 7.11 Å². The minimum atomic E-state index is -0.697. The van der Waals surface area contributed by atoms with E-state index in [4.69, 9.17) is 14.2 Å². The van der Waals surface area contributed by atoms with Gasteiger partial charge in [-0.15, -0.1) is 0 Å². The van der Waals surface area contributed by atoms with E-state index in [2.05, 4.69) is 5.32 Å².